The lowest BCUT2D eigenvalue weighted by molar-refractivity contribution is 0.00475. The second kappa shape index (κ2) is 41.2. The summed E-state index contributed by atoms with van der Waals surface area (Å²) < 4.78 is 177. The van der Waals surface area contributed by atoms with Gasteiger partial charge in [-0.25, -0.2) is 53.8 Å². The van der Waals surface area contributed by atoms with E-state index in [9.17, 15) is 27.9 Å². The van der Waals surface area contributed by atoms with Gasteiger partial charge in [0.25, 0.3) is 0 Å². The van der Waals surface area contributed by atoms with Gasteiger partial charge in [-0.15, -0.1) is 0 Å². The third kappa shape index (κ3) is 22.8. The molecule has 137 heavy (non-hydrogen) atoms. The molecule has 7 aliphatic rings. The summed E-state index contributed by atoms with van der Waals surface area (Å²) in [5.74, 6) is 0.0411. The molecule has 730 valence electrons. The van der Waals surface area contributed by atoms with Crippen molar-refractivity contribution in [3.8, 4) is 73.7 Å². The number of nitrogens with zero attached hydrogens (tertiary/aromatic N) is 8. The van der Waals surface area contributed by atoms with Crippen LogP contribution in [0.3, 0.4) is 0 Å². The SMILES string of the molecule is CC1(C)OB(c2ccc(-c3nc4cc(O[C@@H]5CO[C@H]6[C@@H]5OC[C@H]6O)n(COCC[Si](C)(C)C)c4cc3F)cc2)OC1(C)C.CN=S(C)(=O)c1ccc(-c2ccc(-c3nc4cc(O[C@@H]5CO[C@H]6[C@@H]5OC[C@H]6O)[nH]c4cc3F)cc2)cc1.CN=S(C)(=O)c1ccc(-c2ccc(-c3nc4cc(O[C@@H]5CO[C@H]6[C@@H]5OC[C@H]6O)n(COCC[Si](C)(C)C)c4cc3F)cc2)cc1.CN=S(C)(=O)c1ccc(Br)cc1. The molecule has 3 unspecified atom stereocenters. The van der Waals surface area contributed by atoms with E-state index in [4.69, 9.17) is 71.4 Å². The van der Waals surface area contributed by atoms with Crippen LogP contribution in [0.15, 0.2) is 214 Å². The van der Waals surface area contributed by atoms with E-state index in [2.05, 4.69) is 78.3 Å². The number of hydrogen-bond acceptors (Lipinski definition) is 25. The van der Waals surface area contributed by atoms with Crippen molar-refractivity contribution in [3.05, 3.63) is 204 Å². The standard InChI is InChI=1S/C33H40FN3O6SSi.C31H42BFN2O7Si.C27H26FN3O5S.C8H10BrNOS/c1-35-44(2,39)24-12-10-22(11-13-24)21-6-8-23(9-7-21)31-25(34)16-27-26(36-31)17-30(37(27)20-40-14-15-45(3,4)5)43-29-19-42-32-28(38)18-41-33(29)32;1-30(2)31(3,4)42-32(41-30)20-10-8-19(9-11-20)27-21(33)14-23-22(34-27)15-26(35(23)18-37-12-13-43(5,6)7)40-25-17-39-28-24(36)16-38-29(25)28;1-29-37(2,33)18-9-7-16(8-10-18)15-3-5-17(6-4-15)25-19(28)11-20-21(31-25)12-24(30-20)36-23-14-35-26-22(32)13-34-27(23)26;1-10-12(2,11)8-5-3-7(9)4-6-8/h6-13,16-17,28-29,32-33,38H,14-15,18-20H2,1-5H3;8-11,14-15,24-25,28-29,36H,12-13,16-18H2,1-7H3;3-12,22-23,26-27,30,32H,13-14H2,1-2H3;3-6H,1-2H3/t28-,29-,32-,33-,44?;24-,25-,28-,29-;22-,23-,26-,27-,37?;/m111./s1. The Bertz CT molecular complexity index is 6740. The lowest BCUT2D eigenvalue weighted by atomic mass is 9.79. The number of pyridine rings is 3. The van der Waals surface area contributed by atoms with Crippen LogP contribution in [0.2, 0.25) is 51.4 Å². The number of aromatic nitrogens is 6. The normalized spacial score (nSPS) is 23.8. The number of nitrogens with one attached hydrogen (secondary N) is 1. The molecular formula is C99H118BBrF3N9O19S3Si2. The molecule has 7 aliphatic heterocycles. The maximum atomic E-state index is 15.7. The van der Waals surface area contributed by atoms with Crippen molar-refractivity contribution in [1.29, 1.82) is 0 Å². The zero-order valence-electron chi connectivity index (χ0n) is 79.5. The van der Waals surface area contributed by atoms with E-state index < -0.39 is 130 Å². The third-order valence-corrected chi connectivity index (χ3v) is 35.4. The van der Waals surface area contributed by atoms with E-state index in [1.165, 1.54) is 18.2 Å². The zero-order valence-corrected chi connectivity index (χ0v) is 85.5. The van der Waals surface area contributed by atoms with Crippen LogP contribution in [0.4, 0.5) is 13.2 Å². The maximum Gasteiger partial charge on any atom is 0.494 e. The molecular weight excluding hydrogens is 1920 g/mol. The van der Waals surface area contributed by atoms with Crippen LogP contribution in [-0.2, 0) is 89.9 Å². The van der Waals surface area contributed by atoms with Crippen LogP contribution in [-0.4, -0.2) is 257 Å². The third-order valence-electron chi connectivity index (χ3n) is 25.9. The highest BCUT2D eigenvalue weighted by molar-refractivity contribution is 9.10. The summed E-state index contributed by atoms with van der Waals surface area (Å²) in [6.45, 7) is 24.9. The fraction of sp³-hybridized carbons (Fsp3) is 0.424. The number of hydrogen-bond donors (Lipinski definition) is 4. The number of rotatable bonds is 25. The van der Waals surface area contributed by atoms with Gasteiger partial charge in [0.2, 0.25) is 0 Å². The summed E-state index contributed by atoms with van der Waals surface area (Å²) in [4.78, 5) is 19.2. The summed E-state index contributed by atoms with van der Waals surface area (Å²) in [7, 11) is -5.35. The van der Waals surface area contributed by atoms with Crippen LogP contribution in [0.5, 0.6) is 17.6 Å². The largest absolute Gasteiger partial charge is 0.494 e. The second-order valence-electron chi connectivity index (χ2n) is 38.6. The summed E-state index contributed by atoms with van der Waals surface area (Å²) in [6.07, 6.45) is -0.714. The Kier molecular flexibility index (Phi) is 30.3. The molecule has 12 aromatic rings. The molecule has 13 heterocycles. The number of aromatic amines is 1. The Labute approximate surface area is 808 Å². The molecule has 0 aliphatic carbocycles. The molecule has 6 aromatic carbocycles. The van der Waals surface area contributed by atoms with Gasteiger partial charge in [-0.2, -0.15) is 0 Å². The van der Waals surface area contributed by atoms with Gasteiger partial charge in [-0.1, -0.05) is 152 Å². The summed E-state index contributed by atoms with van der Waals surface area (Å²) in [5, 5.41) is 30.2. The average Bonchev–Trinajstić information content (AvgIpc) is 1.62. The number of benzene rings is 6. The average molecular weight is 2040 g/mol. The number of aliphatic hydroxyl groups excluding tert-OH is 3. The molecule has 6 aromatic heterocycles. The van der Waals surface area contributed by atoms with Gasteiger partial charge in [-0.3, -0.25) is 9.13 Å². The Morgan fingerprint density at radius 2 is 0.752 bits per heavy atom. The first-order valence-corrected chi connectivity index (χ1v) is 59.4. The van der Waals surface area contributed by atoms with E-state index in [0.29, 0.717) is 97.0 Å². The van der Waals surface area contributed by atoms with E-state index in [1.807, 2.05) is 173 Å². The number of aliphatic hydroxyl groups is 3. The van der Waals surface area contributed by atoms with Crippen molar-refractivity contribution in [2.24, 2.45) is 13.1 Å². The van der Waals surface area contributed by atoms with Crippen LogP contribution < -0.4 is 19.7 Å². The van der Waals surface area contributed by atoms with Crippen LogP contribution in [0.25, 0.3) is 89.1 Å². The molecule has 0 amide bonds. The first-order chi connectivity index (χ1) is 65.0. The highest BCUT2D eigenvalue weighted by Gasteiger charge is 2.54. The van der Waals surface area contributed by atoms with Crippen molar-refractivity contribution in [1.82, 2.24) is 29.1 Å². The Hall–Kier alpha value is -9.11. The molecule has 0 saturated carbocycles. The zero-order chi connectivity index (χ0) is 97.6. The molecule has 0 bridgehead atoms. The van der Waals surface area contributed by atoms with E-state index in [1.54, 1.807) is 67.2 Å². The lowest BCUT2D eigenvalue weighted by Crippen LogP contribution is -2.41. The van der Waals surface area contributed by atoms with Crippen molar-refractivity contribution in [2.45, 2.75) is 192 Å². The minimum atomic E-state index is -2.40. The Balaban J connectivity index is 0.000000140. The number of ether oxygens (including phenoxy) is 11. The van der Waals surface area contributed by atoms with Crippen LogP contribution in [0.1, 0.15) is 27.7 Å². The molecule has 4 N–H and O–H groups in total. The molecule has 19 rings (SSSR count). The monoisotopic (exact) mass is 2040 g/mol. The molecule has 15 atom stereocenters. The second-order valence-corrected chi connectivity index (χ2v) is 58.1. The number of fused-ring (bicyclic) bond motifs is 6. The smallest absolute Gasteiger partial charge is 0.470 e. The van der Waals surface area contributed by atoms with Crippen molar-refractivity contribution < 1.29 is 103 Å². The first kappa shape index (κ1) is 101. The molecule has 7 saturated heterocycles. The van der Waals surface area contributed by atoms with Gasteiger partial charge in [0.05, 0.1) is 113 Å². The van der Waals surface area contributed by atoms with Crippen molar-refractivity contribution in [3.63, 3.8) is 0 Å². The molecule has 0 spiro atoms. The predicted octanol–water partition coefficient (Wildman–Crippen LogP) is 16.7. The fourth-order valence-corrected chi connectivity index (χ4v) is 21.1. The fourth-order valence-electron chi connectivity index (χ4n) is 16.8. The minimum absolute atomic E-state index is 0.182. The predicted molar refractivity (Wildman–Crippen MR) is 532 cm³/mol. The van der Waals surface area contributed by atoms with Gasteiger partial charge in [0, 0.05) is 142 Å². The maximum absolute atomic E-state index is 15.7. The van der Waals surface area contributed by atoms with Gasteiger partial charge in [-0.05, 0) is 116 Å². The molecule has 38 heteroatoms. The topological polar surface area (TPSA) is 333 Å². The van der Waals surface area contributed by atoms with Gasteiger partial charge >= 0.3 is 7.12 Å². The first-order valence-electron chi connectivity index (χ1n) is 45.5. The van der Waals surface area contributed by atoms with Crippen LogP contribution >= 0.6 is 15.9 Å². The minimum Gasteiger partial charge on any atom is -0.470 e. The number of H-pyrrole nitrogens is 1. The van der Waals surface area contributed by atoms with E-state index >= 15 is 13.2 Å². The van der Waals surface area contributed by atoms with Gasteiger partial charge in [0.1, 0.15) is 85.5 Å². The summed E-state index contributed by atoms with van der Waals surface area (Å²) in [6, 6.07) is 56.4. The van der Waals surface area contributed by atoms with Gasteiger partial charge < -0.3 is 81.7 Å². The van der Waals surface area contributed by atoms with E-state index in [0.717, 1.165) is 49.2 Å². The Morgan fingerprint density at radius 1 is 0.438 bits per heavy atom. The highest BCUT2D eigenvalue weighted by Crippen LogP contribution is 2.42. The summed E-state index contributed by atoms with van der Waals surface area (Å²) >= 11 is 3.31. The molecule has 28 nitrogen and oxygen atoms in total. The molecule has 7 fully saturated rings. The van der Waals surface area contributed by atoms with Gasteiger partial charge in [0.15, 0.2) is 53.4 Å². The van der Waals surface area contributed by atoms with Crippen molar-refractivity contribution in [2.75, 3.05) is 92.8 Å². The molecule has 0 radical (unpaired) electrons. The highest BCUT2D eigenvalue weighted by atomic mass is 79.9. The summed E-state index contributed by atoms with van der Waals surface area (Å²) in [5.41, 5.74) is 9.75. The Morgan fingerprint density at radius 3 is 1.11 bits per heavy atom. The van der Waals surface area contributed by atoms with Crippen molar-refractivity contribution >= 4 is 107 Å². The van der Waals surface area contributed by atoms with E-state index in [-0.39, 0.29) is 88.0 Å². The quantitative estimate of drug-likeness (QED) is 0.0305. The number of halogens is 4. The lowest BCUT2D eigenvalue weighted by Gasteiger charge is -2.32. The van der Waals surface area contributed by atoms with Crippen LogP contribution in [0, 0.1) is 17.5 Å².